The van der Waals surface area contributed by atoms with Crippen LogP contribution in [0.15, 0.2) is 54.6 Å². The van der Waals surface area contributed by atoms with Crippen molar-refractivity contribution in [3.8, 4) is 0 Å². The van der Waals surface area contributed by atoms with Crippen molar-refractivity contribution in [2.24, 2.45) is 0 Å². The third kappa shape index (κ3) is 4.60. The molecule has 5 heteroatoms. The zero-order chi connectivity index (χ0) is 15.9. The number of rotatable bonds is 6. The Morgan fingerprint density at radius 3 is 2.32 bits per heavy atom. The summed E-state index contributed by atoms with van der Waals surface area (Å²) < 4.78 is 0. The molecule has 2 rings (SSSR count). The summed E-state index contributed by atoms with van der Waals surface area (Å²) in [6, 6.07) is 15.2. The molecule has 2 aromatic carbocycles. The average molecular weight is 318 g/mol. The first-order chi connectivity index (χ1) is 10.6. The Morgan fingerprint density at radius 1 is 1.05 bits per heavy atom. The van der Waals surface area contributed by atoms with Crippen LogP contribution >= 0.6 is 11.6 Å². The van der Waals surface area contributed by atoms with E-state index in [9.17, 15) is 14.7 Å². The van der Waals surface area contributed by atoms with Gasteiger partial charge in [0.25, 0.3) is 0 Å². The number of nitrogens with one attached hydrogen (secondary N) is 1. The maximum atomic E-state index is 12.0. The smallest absolute Gasteiger partial charge is 0.326 e. The van der Waals surface area contributed by atoms with Crippen molar-refractivity contribution in [3.05, 3.63) is 70.7 Å². The third-order valence-corrected chi connectivity index (χ3v) is 3.59. The number of carboxylic acid groups (broad SMARTS) is 1. The highest BCUT2D eigenvalue weighted by Gasteiger charge is 2.21. The zero-order valence-electron chi connectivity index (χ0n) is 11.8. The summed E-state index contributed by atoms with van der Waals surface area (Å²) in [5.41, 5.74) is 1.53. The molecule has 0 aliphatic rings. The van der Waals surface area contributed by atoms with Crippen molar-refractivity contribution in [2.45, 2.75) is 18.9 Å². The van der Waals surface area contributed by atoms with Crippen molar-refractivity contribution in [3.63, 3.8) is 0 Å². The van der Waals surface area contributed by atoms with Gasteiger partial charge in [-0.1, -0.05) is 60.1 Å². The van der Waals surface area contributed by atoms with E-state index < -0.39 is 12.0 Å². The predicted octanol–water partition coefficient (Wildman–Crippen LogP) is 2.69. The van der Waals surface area contributed by atoms with E-state index in [1.807, 2.05) is 30.3 Å². The summed E-state index contributed by atoms with van der Waals surface area (Å²) in [5.74, 6) is -1.41. The van der Waals surface area contributed by atoms with Gasteiger partial charge in [0.2, 0.25) is 5.91 Å². The second kappa shape index (κ2) is 7.61. The van der Waals surface area contributed by atoms with Gasteiger partial charge >= 0.3 is 5.97 Å². The number of hydrogen-bond acceptors (Lipinski definition) is 2. The molecule has 0 aromatic heterocycles. The highest BCUT2D eigenvalue weighted by molar-refractivity contribution is 6.31. The van der Waals surface area contributed by atoms with Crippen molar-refractivity contribution in [2.75, 3.05) is 0 Å². The maximum absolute atomic E-state index is 12.0. The first kappa shape index (κ1) is 16.0. The molecule has 114 valence electrons. The fraction of sp³-hybridized carbons (Fsp3) is 0.176. The van der Waals surface area contributed by atoms with Crippen LogP contribution < -0.4 is 5.32 Å². The number of carbonyl (C=O) groups is 2. The molecule has 0 saturated carbocycles. The number of benzene rings is 2. The monoisotopic (exact) mass is 317 g/mol. The molecule has 2 aromatic rings. The second-order valence-corrected chi connectivity index (χ2v) is 5.32. The van der Waals surface area contributed by atoms with E-state index in [0.29, 0.717) is 10.6 Å². The molecule has 0 aliphatic heterocycles. The molecule has 1 atom stereocenters. The molecule has 4 nitrogen and oxygen atoms in total. The summed E-state index contributed by atoms with van der Waals surface area (Å²) in [5, 5.41) is 12.3. The highest BCUT2D eigenvalue weighted by Crippen LogP contribution is 2.16. The molecule has 0 fully saturated rings. The van der Waals surface area contributed by atoms with E-state index in [4.69, 9.17) is 11.6 Å². The first-order valence-corrected chi connectivity index (χ1v) is 7.23. The third-order valence-electron chi connectivity index (χ3n) is 3.22. The van der Waals surface area contributed by atoms with Crippen LogP contribution in [0.4, 0.5) is 0 Å². The minimum Gasteiger partial charge on any atom is -0.480 e. The Kier molecular flexibility index (Phi) is 5.55. The fourth-order valence-corrected chi connectivity index (χ4v) is 2.32. The predicted molar refractivity (Wildman–Crippen MR) is 84.9 cm³/mol. The molecule has 22 heavy (non-hydrogen) atoms. The lowest BCUT2D eigenvalue weighted by Gasteiger charge is -2.15. The Bertz CT molecular complexity index is 658. The molecule has 0 heterocycles. The van der Waals surface area contributed by atoms with Crippen LogP contribution in [0.5, 0.6) is 0 Å². The minimum atomic E-state index is -1.08. The van der Waals surface area contributed by atoms with Gasteiger partial charge in [-0.15, -0.1) is 0 Å². The first-order valence-electron chi connectivity index (χ1n) is 6.86. The van der Waals surface area contributed by atoms with Crippen LogP contribution in [-0.4, -0.2) is 23.0 Å². The van der Waals surface area contributed by atoms with Crippen LogP contribution in [-0.2, 0) is 22.4 Å². The van der Waals surface area contributed by atoms with Gasteiger partial charge in [0, 0.05) is 11.4 Å². The molecule has 0 spiro atoms. The van der Waals surface area contributed by atoms with Crippen molar-refractivity contribution in [1.82, 2.24) is 5.32 Å². The van der Waals surface area contributed by atoms with Gasteiger partial charge in [-0.05, 0) is 17.2 Å². The number of amides is 1. The summed E-state index contributed by atoms with van der Waals surface area (Å²) >= 11 is 6.03. The van der Waals surface area contributed by atoms with Gasteiger partial charge in [0.15, 0.2) is 0 Å². The standard InChI is InChI=1S/C17H16ClNO3/c18-14-9-5-4-8-13(14)11-15(17(21)22)19-16(20)10-12-6-2-1-3-7-12/h1-9,15H,10-11H2,(H,19,20)(H,21,22)/t15-/m1/s1. The highest BCUT2D eigenvalue weighted by atomic mass is 35.5. The molecule has 2 N–H and O–H groups in total. The lowest BCUT2D eigenvalue weighted by atomic mass is 10.1. The normalized spacial score (nSPS) is 11.7. The Labute approximate surface area is 133 Å². The number of carbonyl (C=O) groups excluding carboxylic acids is 1. The lowest BCUT2D eigenvalue weighted by molar-refractivity contribution is -0.141. The maximum Gasteiger partial charge on any atom is 0.326 e. The van der Waals surface area contributed by atoms with E-state index >= 15 is 0 Å². The zero-order valence-corrected chi connectivity index (χ0v) is 12.6. The van der Waals surface area contributed by atoms with Crippen molar-refractivity contribution < 1.29 is 14.7 Å². The number of hydrogen-bond donors (Lipinski definition) is 2. The van der Waals surface area contributed by atoms with Crippen LogP contribution in [0, 0.1) is 0 Å². The van der Waals surface area contributed by atoms with E-state index in [-0.39, 0.29) is 18.7 Å². The van der Waals surface area contributed by atoms with Crippen molar-refractivity contribution in [1.29, 1.82) is 0 Å². The molecule has 0 aliphatic carbocycles. The number of halogens is 1. The Morgan fingerprint density at radius 2 is 1.68 bits per heavy atom. The molecule has 0 radical (unpaired) electrons. The van der Waals surface area contributed by atoms with Gasteiger partial charge in [-0.3, -0.25) is 4.79 Å². The molecule has 0 saturated heterocycles. The van der Waals surface area contributed by atoms with Gasteiger partial charge in [-0.25, -0.2) is 4.79 Å². The second-order valence-electron chi connectivity index (χ2n) is 4.92. The number of carboxylic acids is 1. The van der Waals surface area contributed by atoms with Crippen LogP contribution in [0.3, 0.4) is 0 Å². The molecular weight excluding hydrogens is 302 g/mol. The van der Waals surface area contributed by atoms with Gasteiger partial charge < -0.3 is 10.4 Å². The van der Waals surface area contributed by atoms with Gasteiger partial charge in [0.1, 0.15) is 6.04 Å². The molecule has 0 bridgehead atoms. The molecular formula is C17H16ClNO3. The summed E-state index contributed by atoms with van der Waals surface area (Å²) in [7, 11) is 0. The van der Waals surface area contributed by atoms with Gasteiger partial charge in [-0.2, -0.15) is 0 Å². The number of aliphatic carboxylic acids is 1. The van der Waals surface area contributed by atoms with Crippen molar-refractivity contribution >= 4 is 23.5 Å². The molecule has 1 amide bonds. The quantitative estimate of drug-likeness (QED) is 0.861. The topological polar surface area (TPSA) is 66.4 Å². The average Bonchev–Trinajstić information content (AvgIpc) is 2.49. The largest absolute Gasteiger partial charge is 0.480 e. The Balaban J connectivity index is 2.01. The SMILES string of the molecule is O=C(Cc1ccccc1)N[C@H](Cc1ccccc1Cl)C(=O)O. The Hall–Kier alpha value is -2.33. The summed E-state index contributed by atoms with van der Waals surface area (Å²) in [6.07, 6.45) is 0.294. The van der Waals surface area contributed by atoms with Crippen LogP contribution in [0.25, 0.3) is 0 Å². The van der Waals surface area contributed by atoms with Crippen LogP contribution in [0.2, 0.25) is 5.02 Å². The lowest BCUT2D eigenvalue weighted by Crippen LogP contribution is -2.43. The van der Waals surface area contributed by atoms with E-state index in [2.05, 4.69) is 5.32 Å². The summed E-state index contributed by atoms with van der Waals surface area (Å²) in [6.45, 7) is 0. The van der Waals surface area contributed by atoms with E-state index in [1.165, 1.54) is 0 Å². The van der Waals surface area contributed by atoms with Gasteiger partial charge in [0.05, 0.1) is 6.42 Å². The summed E-state index contributed by atoms with van der Waals surface area (Å²) in [4.78, 5) is 23.3. The fourth-order valence-electron chi connectivity index (χ4n) is 2.11. The van der Waals surface area contributed by atoms with Crippen LogP contribution in [0.1, 0.15) is 11.1 Å². The molecule has 0 unspecified atom stereocenters. The minimum absolute atomic E-state index is 0.146. The van der Waals surface area contributed by atoms with E-state index in [0.717, 1.165) is 5.56 Å². The van der Waals surface area contributed by atoms with E-state index in [1.54, 1.807) is 24.3 Å².